The van der Waals surface area contributed by atoms with E-state index in [1.54, 1.807) is 48.7 Å². The number of pyridine rings is 1. The number of hydrogen-bond donors (Lipinski definition) is 3. The van der Waals surface area contributed by atoms with Crippen molar-refractivity contribution in [3.05, 3.63) is 89.3 Å². The average Bonchev–Trinajstić information content (AvgIpc) is 3.33. The van der Waals surface area contributed by atoms with Gasteiger partial charge in [0, 0.05) is 22.6 Å². The third-order valence-corrected chi connectivity index (χ3v) is 6.04. The molecule has 41 heavy (non-hydrogen) atoms. The summed E-state index contributed by atoms with van der Waals surface area (Å²) >= 11 is 5.88. The molecular weight excluding hydrogens is 569 g/mol. The van der Waals surface area contributed by atoms with Gasteiger partial charge in [0.15, 0.2) is 0 Å². The number of halogens is 4. The number of carbonyl (C=O) groups is 2. The van der Waals surface area contributed by atoms with E-state index in [0.717, 1.165) is 12.1 Å². The van der Waals surface area contributed by atoms with E-state index in [1.807, 2.05) is 0 Å². The van der Waals surface area contributed by atoms with Crippen molar-refractivity contribution in [1.29, 1.82) is 0 Å². The lowest BCUT2D eigenvalue weighted by molar-refractivity contribution is -0.755. The summed E-state index contributed by atoms with van der Waals surface area (Å²) < 4.78 is 58.4. The Hall–Kier alpha value is -4.69. The van der Waals surface area contributed by atoms with Crippen molar-refractivity contribution in [2.45, 2.75) is 18.3 Å². The van der Waals surface area contributed by atoms with E-state index in [9.17, 15) is 22.8 Å². The molecule has 0 unspecified atom stereocenters. The fourth-order valence-electron chi connectivity index (χ4n) is 3.77. The van der Waals surface area contributed by atoms with Gasteiger partial charge in [-0.25, -0.2) is 4.79 Å². The zero-order chi connectivity index (χ0) is 29.0. The minimum absolute atomic E-state index is 0.0646. The Balaban J connectivity index is 1.28. The Kier molecular flexibility index (Phi) is 7.77. The summed E-state index contributed by atoms with van der Waals surface area (Å²) in [5.74, 6) is -0.470. The molecule has 1 saturated heterocycles. The molecule has 0 spiro atoms. The SMILES string of the molecule is O=C(Nc1cc(NC(=O)C2(Oc3ccc(Cl)cc3)COC2)cc(C(F)(F)F)c1)Nc1c[n+](Cc2ccccn2)no1. The van der Waals surface area contributed by atoms with Crippen LogP contribution in [0.1, 0.15) is 11.3 Å². The highest BCUT2D eigenvalue weighted by Crippen LogP contribution is 2.34. The fourth-order valence-corrected chi connectivity index (χ4v) is 3.90. The van der Waals surface area contributed by atoms with Crippen molar-refractivity contribution in [1.82, 2.24) is 10.3 Å². The van der Waals surface area contributed by atoms with Crippen molar-refractivity contribution >= 4 is 40.8 Å². The first-order chi connectivity index (χ1) is 19.6. The molecule has 0 radical (unpaired) electrons. The van der Waals surface area contributed by atoms with E-state index in [-0.39, 0.29) is 37.0 Å². The van der Waals surface area contributed by atoms with Crippen molar-refractivity contribution in [2.24, 2.45) is 0 Å². The molecule has 3 amide bonds. The van der Waals surface area contributed by atoms with Gasteiger partial charge >= 0.3 is 18.1 Å². The molecular formula is C26H21ClF3N6O5+. The first-order valence-electron chi connectivity index (χ1n) is 12.0. The van der Waals surface area contributed by atoms with E-state index < -0.39 is 29.3 Å². The maximum Gasteiger partial charge on any atom is 0.416 e. The lowest BCUT2D eigenvalue weighted by Gasteiger charge is -2.39. The molecule has 3 N–H and O–H groups in total. The lowest BCUT2D eigenvalue weighted by Crippen LogP contribution is -2.62. The Morgan fingerprint density at radius 3 is 2.39 bits per heavy atom. The van der Waals surface area contributed by atoms with Crippen LogP contribution in [0, 0.1) is 0 Å². The molecule has 0 aliphatic carbocycles. The average molecular weight is 590 g/mol. The molecule has 0 atom stereocenters. The minimum atomic E-state index is -4.77. The molecule has 212 valence electrons. The fraction of sp³-hybridized carbons (Fsp3) is 0.192. The molecule has 5 rings (SSSR count). The van der Waals surface area contributed by atoms with Crippen LogP contribution < -0.4 is 25.4 Å². The number of urea groups is 1. The van der Waals surface area contributed by atoms with Gasteiger partial charge < -0.3 is 20.1 Å². The number of nitrogens with zero attached hydrogens (tertiary/aromatic N) is 3. The Morgan fingerprint density at radius 1 is 1.02 bits per heavy atom. The Labute approximate surface area is 235 Å². The standard InChI is InChI=1S/C26H20ClF3N6O5/c27-17-4-6-21(7-5-17)40-25(14-39-15-25)23(37)32-19-9-16(26(28,29)30)10-20(11-19)33-24(38)34-22-13-36(35-41-22)12-18-3-1-2-8-31-18/h1-11,13H,12,14-15H2,(H2-,32,33,34,35,37,38)/p+1. The van der Waals surface area contributed by atoms with Gasteiger partial charge in [-0.1, -0.05) is 17.7 Å². The molecule has 3 heterocycles. The van der Waals surface area contributed by atoms with Crippen LogP contribution in [-0.4, -0.2) is 41.0 Å². The van der Waals surface area contributed by atoms with Crippen molar-refractivity contribution < 1.29 is 41.4 Å². The van der Waals surface area contributed by atoms with Gasteiger partial charge in [0.05, 0.1) is 18.8 Å². The van der Waals surface area contributed by atoms with Gasteiger partial charge in [-0.15, -0.1) is 0 Å². The van der Waals surface area contributed by atoms with E-state index in [4.69, 9.17) is 25.6 Å². The topological polar surface area (TPSA) is 131 Å². The summed E-state index contributed by atoms with van der Waals surface area (Å²) in [5, 5.41) is 11.3. The van der Waals surface area contributed by atoms with Crippen LogP contribution in [0.25, 0.3) is 0 Å². The van der Waals surface area contributed by atoms with E-state index in [0.29, 0.717) is 16.5 Å². The zero-order valence-electron chi connectivity index (χ0n) is 20.9. The van der Waals surface area contributed by atoms with Crippen LogP contribution >= 0.6 is 11.6 Å². The summed E-state index contributed by atoms with van der Waals surface area (Å²) in [6.45, 7) is 0.0233. The summed E-state index contributed by atoms with van der Waals surface area (Å²) in [4.78, 5) is 29.8. The van der Waals surface area contributed by atoms with E-state index in [2.05, 4.69) is 26.2 Å². The second-order valence-corrected chi connectivity index (χ2v) is 9.39. The van der Waals surface area contributed by atoms with Crippen LogP contribution in [0.2, 0.25) is 5.02 Å². The van der Waals surface area contributed by atoms with Crippen LogP contribution in [0.4, 0.5) is 35.2 Å². The number of anilines is 3. The number of benzene rings is 2. The summed E-state index contributed by atoms with van der Waals surface area (Å²) in [7, 11) is 0. The normalized spacial score (nSPS) is 14.0. The molecule has 15 heteroatoms. The lowest BCUT2D eigenvalue weighted by atomic mass is 10.00. The second-order valence-electron chi connectivity index (χ2n) is 8.96. The van der Waals surface area contributed by atoms with E-state index >= 15 is 0 Å². The van der Waals surface area contributed by atoms with E-state index in [1.165, 1.54) is 16.9 Å². The molecule has 1 fully saturated rings. The smallest absolute Gasteiger partial charge is 0.416 e. The van der Waals surface area contributed by atoms with Gasteiger partial charge in [-0.05, 0) is 59.3 Å². The first-order valence-corrected chi connectivity index (χ1v) is 12.4. The van der Waals surface area contributed by atoms with Gasteiger partial charge in [0.2, 0.25) is 17.4 Å². The highest BCUT2D eigenvalue weighted by atomic mass is 35.5. The van der Waals surface area contributed by atoms with Gasteiger partial charge in [-0.2, -0.15) is 13.2 Å². The largest absolute Gasteiger partial charge is 0.472 e. The third kappa shape index (κ3) is 6.91. The quantitative estimate of drug-likeness (QED) is 0.258. The molecule has 0 saturated carbocycles. The molecule has 2 aromatic heterocycles. The second kappa shape index (κ2) is 11.4. The van der Waals surface area contributed by atoms with Gasteiger partial charge in [0.25, 0.3) is 12.1 Å². The van der Waals surface area contributed by atoms with Crippen LogP contribution in [-0.2, 0) is 22.3 Å². The zero-order valence-corrected chi connectivity index (χ0v) is 21.7. The summed E-state index contributed by atoms with van der Waals surface area (Å²) in [6, 6.07) is 13.3. The number of amides is 3. The molecule has 0 bridgehead atoms. The predicted octanol–water partition coefficient (Wildman–Crippen LogP) is 4.51. The van der Waals surface area contributed by atoms with Gasteiger partial charge in [0.1, 0.15) is 11.4 Å². The van der Waals surface area contributed by atoms with Crippen molar-refractivity contribution in [3.8, 4) is 5.75 Å². The first kappa shape index (κ1) is 27.9. The van der Waals surface area contributed by atoms with Crippen molar-refractivity contribution in [3.63, 3.8) is 0 Å². The number of alkyl halides is 3. The molecule has 1 aliphatic rings. The number of carbonyl (C=O) groups excluding carboxylic acids is 2. The molecule has 11 nitrogen and oxygen atoms in total. The number of hydrogen-bond acceptors (Lipinski definition) is 7. The number of nitrogens with one attached hydrogen (secondary N) is 3. The summed E-state index contributed by atoms with van der Waals surface area (Å²) in [5.41, 5.74) is -2.35. The number of rotatable bonds is 8. The summed E-state index contributed by atoms with van der Waals surface area (Å²) in [6.07, 6.45) is -1.78. The Morgan fingerprint density at radius 2 is 1.76 bits per heavy atom. The van der Waals surface area contributed by atoms with Crippen molar-refractivity contribution in [2.75, 3.05) is 29.2 Å². The molecule has 4 aromatic rings. The monoisotopic (exact) mass is 589 g/mol. The minimum Gasteiger partial charge on any atom is -0.472 e. The molecule has 2 aromatic carbocycles. The number of aromatic nitrogens is 3. The van der Waals surface area contributed by atoms with Crippen LogP contribution in [0.5, 0.6) is 5.75 Å². The van der Waals surface area contributed by atoms with Gasteiger partial charge in [-0.3, -0.25) is 19.6 Å². The highest BCUT2D eigenvalue weighted by molar-refractivity contribution is 6.30. The predicted molar refractivity (Wildman–Crippen MR) is 138 cm³/mol. The maximum atomic E-state index is 13.7. The number of ether oxygens (including phenoxy) is 2. The third-order valence-electron chi connectivity index (χ3n) is 5.78. The Bertz CT molecular complexity index is 1550. The van der Waals surface area contributed by atoms with Crippen LogP contribution in [0.15, 0.2) is 77.6 Å². The maximum absolute atomic E-state index is 13.7. The van der Waals surface area contributed by atoms with Crippen LogP contribution in [0.3, 0.4) is 0 Å². The highest BCUT2D eigenvalue weighted by Gasteiger charge is 2.49. The molecule has 1 aliphatic heterocycles.